The zero-order valence-corrected chi connectivity index (χ0v) is 11.2. The van der Waals surface area contributed by atoms with Crippen LogP contribution in [-0.2, 0) is 0 Å². The Morgan fingerprint density at radius 1 is 1.58 bits per heavy atom. The zero-order chi connectivity index (χ0) is 13.4. The Labute approximate surface area is 113 Å². The highest BCUT2D eigenvalue weighted by Gasteiger charge is 2.29. The van der Waals surface area contributed by atoms with E-state index in [1.807, 2.05) is 6.07 Å². The number of aromatic amines is 1. The summed E-state index contributed by atoms with van der Waals surface area (Å²) < 4.78 is 1.67. The van der Waals surface area contributed by atoms with Gasteiger partial charge in [-0.1, -0.05) is 6.07 Å². The SMILES string of the molecule is C[C@H](O)c1cccnc1Sc1n[nH]c(=O)n1C1CC1. The molecule has 1 saturated carbocycles. The number of rotatable bonds is 4. The van der Waals surface area contributed by atoms with Crippen molar-refractivity contribution >= 4 is 11.8 Å². The van der Waals surface area contributed by atoms with Crippen LogP contribution in [-0.4, -0.2) is 24.9 Å². The van der Waals surface area contributed by atoms with Crippen molar-refractivity contribution in [3.8, 4) is 0 Å². The molecule has 7 heteroatoms. The Bertz CT molecular complexity index is 645. The van der Waals surface area contributed by atoms with E-state index in [9.17, 15) is 9.90 Å². The third-order valence-electron chi connectivity index (χ3n) is 3.02. The van der Waals surface area contributed by atoms with Gasteiger partial charge in [0.25, 0.3) is 0 Å². The van der Waals surface area contributed by atoms with Crippen LogP contribution in [0.25, 0.3) is 0 Å². The minimum Gasteiger partial charge on any atom is -0.389 e. The summed E-state index contributed by atoms with van der Waals surface area (Å²) >= 11 is 1.31. The monoisotopic (exact) mass is 278 g/mol. The van der Waals surface area contributed by atoms with E-state index in [1.165, 1.54) is 11.8 Å². The molecule has 6 nitrogen and oxygen atoms in total. The van der Waals surface area contributed by atoms with Gasteiger partial charge in [-0.15, -0.1) is 5.10 Å². The fourth-order valence-electron chi connectivity index (χ4n) is 1.91. The van der Waals surface area contributed by atoms with Crippen molar-refractivity contribution in [1.82, 2.24) is 19.7 Å². The highest BCUT2D eigenvalue weighted by Crippen LogP contribution is 2.38. The van der Waals surface area contributed by atoms with Gasteiger partial charge in [0.2, 0.25) is 0 Å². The second-order valence-electron chi connectivity index (χ2n) is 4.59. The van der Waals surface area contributed by atoms with Crippen molar-refractivity contribution in [3.63, 3.8) is 0 Å². The van der Waals surface area contributed by atoms with Gasteiger partial charge >= 0.3 is 5.69 Å². The molecule has 0 aromatic carbocycles. The molecule has 0 bridgehead atoms. The van der Waals surface area contributed by atoms with E-state index in [0.717, 1.165) is 18.4 Å². The molecular formula is C12H14N4O2S. The highest BCUT2D eigenvalue weighted by atomic mass is 32.2. The van der Waals surface area contributed by atoms with E-state index >= 15 is 0 Å². The van der Waals surface area contributed by atoms with Gasteiger partial charge in [0.15, 0.2) is 5.16 Å². The van der Waals surface area contributed by atoms with Crippen LogP contribution in [0.4, 0.5) is 0 Å². The molecule has 3 rings (SSSR count). The number of pyridine rings is 1. The van der Waals surface area contributed by atoms with Crippen LogP contribution in [0.15, 0.2) is 33.3 Å². The Morgan fingerprint density at radius 2 is 2.37 bits per heavy atom. The predicted octanol–water partition coefficient (Wildman–Crippen LogP) is 1.51. The van der Waals surface area contributed by atoms with Crippen LogP contribution >= 0.6 is 11.8 Å². The molecule has 1 fully saturated rings. The predicted molar refractivity (Wildman–Crippen MR) is 70.1 cm³/mol. The third-order valence-corrected chi connectivity index (χ3v) is 4.03. The van der Waals surface area contributed by atoms with E-state index in [4.69, 9.17) is 0 Å². The number of aliphatic hydroxyl groups is 1. The van der Waals surface area contributed by atoms with Crippen LogP contribution in [0.3, 0.4) is 0 Å². The molecular weight excluding hydrogens is 264 g/mol. The van der Waals surface area contributed by atoms with Crippen LogP contribution in [0, 0.1) is 0 Å². The maximum atomic E-state index is 11.7. The minimum absolute atomic E-state index is 0.181. The lowest BCUT2D eigenvalue weighted by Crippen LogP contribution is -2.16. The van der Waals surface area contributed by atoms with E-state index in [1.54, 1.807) is 23.8 Å². The van der Waals surface area contributed by atoms with Gasteiger partial charge in [0.05, 0.1) is 6.10 Å². The summed E-state index contributed by atoms with van der Waals surface area (Å²) in [6, 6.07) is 3.86. The Balaban J connectivity index is 1.96. The Hall–Kier alpha value is -1.60. The molecule has 2 heterocycles. The molecule has 2 N–H and O–H groups in total. The molecule has 2 aromatic rings. The number of nitrogens with zero attached hydrogens (tertiary/aromatic N) is 3. The summed E-state index contributed by atoms with van der Waals surface area (Å²) in [5, 5.41) is 17.5. The number of hydrogen-bond donors (Lipinski definition) is 2. The fourth-order valence-corrected chi connectivity index (χ4v) is 2.97. The van der Waals surface area contributed by atoms with Crippen LogP contribution in [0.1, 0.15) is 37.5 Å². The van der Waals surface area contributed by atoms with Gasteiger partial charge in [0, 0.05) is 17.8 Å². The molecule has 0 unspecified atom stereocenters. The van der Waals surface area contributed by atoms with Gasteiger partial charge in [-0.25, -0.2) is 14.9 Å². The fraction of sp³-hybridized carbons (Fsp3) is 0.417. The molecule has 1 aliphatic rings. The van der Waals surface area contributed by atoms with Crippen molar-refractivity contribution in [1.29, 1.82) is 0 Å². The van der Waals surface area contributed by atoms with Gasteiger partial charge in [-0.2, -0.15) is 0 Å². The normalized spacial score (nSPS) is 16.5. The Morgan fingerprint density at radius 3 is 3.05 bits per heavy atom. The smallest absolute Gasteiger partial charge is 0.344 e. The quantitative estimate of drug-likeness (QED) is 0.885. The van der Waals surface area contributed by atoms with Crippen LogP contribution < -0.4 is 5.69 Å². The molecule has 19 heavy (non-hydrogen) atoms. The first-order chi connectivity index (χ1) is 9.16. The largest absolute Gasteiger partial charge is 0.389 e. The van der Waals surface area contributed by atoms with Gasteiger partial charge < -0.3 is 5.11 Å². The summed E-state index contributed by atoms with van der Waals surface area (Å²) in [6.07, 6.45) is 3.09. The van der Waals surface area contributed by atoms with E-state index in [-0.39, 0.29) is 11.7 Å². The summed E-state index contributed by atoms with van der Waals surface area (Å²) in [4.78, 5) is 16.0. The number of hydrogen-bond acceptors (Lipinski definition) is 5. The molecule has 2 aromatic heterocycles. The van der Waals surface area contributed by atoms with Crippen LogP contribution in [0.5, 0.6) is 0 Å². The van der Waals surface area contributed by atoms with Gasteiger partial charge in [0.1, 0.15) is 5.03 Å². The standard InChI is InChI=1S/C12H14N4O2S/c1-7(17)9-3-2-6-13-10(9)19-12-15-14-11(18)16(12)8-4-5-8/h2-3,6-8,17H,4-5H2,1H3,(H,14,18)/t7-/m0/s1. The lowest BCUT2D eigenvalue weighted by atomic mass is 10.2. The second kappa shape index (κ2) is 4.82. The topological polar surface area (TPSA) is 83.8 Å². The molecule has 1 aliphatic carbocycles. The number of aromatic nitrogens is 4. The zero-order valence-electron chi connectivity index (χ0n) is 10.4. The molecule has 0 radical (unpaired) electrons. The van der Waals surface area contributed by atoms with Crippen LogP contribution in [0.2, 0.25) is 0 Å². The summed E-state index contributed by atoms with van der Waals surface area (Å²) in [5.74, 6) is 0. The van der Waals surface area contributed by atoms with Gasteiger partial charge in [-0.05, 0) is 37.6 Å². The molecule has 0 aliphatic heterocycles. The average molecular weight is 278 g/mol. The first kappa shape index (κ1) is 12.4. The molecule has 1 atom stereocenters. The van der Waals surface area contributed by atoms with Crippen molar-refractivity contribution in [2.45, 2.75) is 42.1 Å². The van der Waals surface area contributed by atoms with E-state index in [0.29, 0.717) is 10.2 Å². The lowest BCUT2D eigenvalue weighted by Gasteiger charge is -2.09. The maximum absolute atomic E-state index is 11.7. The summed E-state index contributed by atoms with van der Waals surface area (Å²) in [6.45, 7) is 1.69. The van der Waals surface area contributed by atoms with E-state index < -0.39 is 6.10 Å². The van der Waals surface area contributed by atoms with Crippen molar-refractivity contribution in [2.24, 2.45) is 0 Å². The van der Waals surface area contributed by atoms with Crippen molar-refractivity contribution in [2.75, 3.05) is 0 Å². The molecule has 0 amide bonds. The van der Waals surface area contributed by atoms with Gasteiger partial charge in [-0.3, -0.25) is 4.57 Å². The first-order valence-corrected chi connectivity index (χ1v) is 6.96. The first-order valence-electron chi connectivity index (χ1n) is 6.14. The molecule has 0 saturated heterocycles. The maximum Gasteiger partial charge on any atom is 0.344 e. The number of nitrogens with one attached hydrogen (secondary N) is 1. The average Bonchev–Trinajstić information content (AvgIpc) is 3.15. The van der Waals surface area contributed by atoms with E-state index in [2.05, 4.69) is 15.2 Å². The van der Waals surface area contributed by atoms with Crippen molar-refractivity contribution in [3.05, 3.63) is 34.4 Å². The van der Waals surface area contributed by atoms with Crippen molar-refractivity contribution < 1.29 is 5.11 Å². The minimum atomic E-state index is -0.601. The highest BCUT2D eigenvalue weighted by molar-refractivity contribution is 7.99. The third kappa shape index (κ3) is 2.43. The molecule has 0 spiro atoms. The molecule has 100 valence electrons. The number of H-pyrrole nitrogens is 1. The Kier molecular flexibility index (Phi) is 3.16. The summed E-state index contributed by atoms with van der Waals surface area (Å²) in [5.41, 5.74) is 0.560. The lowest BCUT2D eigenvalue weighted by molar-refractivity contribution is 0.195. The second-order valence-corrected chi connectivity index (χ2v) is 5.54. The summed E-state index contributed by atoms with van der Waals surface area (Å²) in [7, 11) is 0. The number of aliphatic hydroxyl groups excluding tert-OH is 1.